The van der Waals surface area contributed by atoms with E-state index in [1.807, 2.05) is 0 Å². The zero-order chi connectivity index (χ0) is 10.7. The summed E-state index contributed by atoms with van der Waals surface area (Å²) in [5.74, 6) is 0. The third-order valence-corrected chi connectivity index (χ3v) is 2.57. The molecule has 0 saturated carbocycles. The smallest absolute Gasteiger partial charge is 0.283 e. The van der Waals surface area contributed by atoms with Gasteiger partial charge in [0.2, 0.25) is 0 Å². The first-order valence-electron chi connectivity index (χ1n) is 5.05. The molecule has 1 radical (unpaired) electrons. The molecule has 15 heavy (non-hydrogen) atoms. The predicted molar refractivity (Wildman–Crippen MR) is 54.5 cm³/mol. The Bertz CT molecular complexity index is 359. The second-order valence-electron chi connectivity index (χ2n) is 3.59. The first-order valence-corrected chi connectivity index (χ1v) is 5.05. The highest BCUT2D eigenvalue weighted by Gasteiger charge is 2.23. The van der Waals surface area contributed by atoms with Crippen LogP contribution in [0.25, 0.3) is 0 Å². The summed E-state index contributed by atoms with van der Waals surface area (Å²) in [5, 5.41) is 10.8. The lowest BCUT2D eigenvalue weighted by Crippen LogP contribution is -2.12. The van der Waals surface area contributed by atoms with Gasteiger partial charge in [-0.3, -0.25) is 10.1 Å². The number of rotatable bonds is 2. The van der Waals surface area contributed by atoms with Crippen LogP contribution in [0, 0.1) is 16.2 Å². The molecule has 4 nitrogen and oxygen atoms in total. The predicted octanol–water partition coefficient (Wildman–Crippen LogP) is 2.64. The third kappa shape index (κ3) is 2.15. The second kappa shape index (κ2) is 4.40. The molecule has 0 spiro atoms. The van der Waals surface area contributed by atoms with Crippen LogP contribution in [0.15, 0.2) is 18.2 Å². The van der Waals surface area contributed by atoms with E-state index in [4.69, 9.17) is 4.74 Å². The van der Waals surface area contributed by atoms with Crippen molar-refractivity contribution in [1.82, 2.24) is 0 Å². The molecule has 79 valence electrons. The van der Waals surface area contributed by atoms with Gasteiger partial charge in [-0.2, -0.15) is 0 Å². The summed E-state index contributed by atoms with van der Waals surface area (Å²) in [6.45, 7) is 0.691. The molecule has 2 rings (SSSR count). The highest BCUT2D eigenvalue weighted by atomic mass is 16.6. The van der Waals surface area contributed by atoms with Crippen LogP contribution in [0.1, 0.15) is 30.9 Å². The van der Waals surface area contributed by atoms with Crippen molar-refractivity contribution in [3.63, 3.8) is 0 Å². The van der Waals surface area contributed by atoms with Gasteiger partial charge in [0.1, 0.15) is 0 Å². The largest absolute Gasteiger partial charge is 0.373 e. The van der Waals surface area contributed by atoms with Gasteiger partial charge in [-0.15, -0.1) is 0 Å². The zero-order valence-electron chi connectivity index (χ0n) is 8.31. The molecule has 1 aromatic carbocycles. The van der Waals surface area contributed by atoms with Crippen LogP contribution in [-0.4, -0.2) is 11.5 Å². The quantitative estimate of drug-likeness (QED) is 0.552. The molecule has 0 aromatic heterocycles. The maximum atomic E-state index is 10.8. The number of nitrogens with zero attached hydrogens (tertiary/aromatic N) is 1. The Kier molecular flexibility index (Phi) is 2.97. The minimum atomic E-state index is -0.396. The fraction of sp³-hybridized carbons (Fsp3) is 0.455. The Hall–Kier alpha value is -1.42. The Balaban J connectivity index is 2.29. The standard InChI is InChI=1S/C11H12NO3/c13-12(14)10-6-2-1-5-9(10)11-7-3-4-8-15-11/h1-2,5,11H,3-4,7-8H2. The highest BCUT2D eigenvalue weighted by molar-refractivity contribution is 5.40. The van der Waals surface area contributed by atoms with Gasteiger partial charge in [0.05, 0.1) is 22.7 Å². The van der Waals surface area contributed by atoms with Crippen LogP contribution in [0.5, 0.6) is 0 Å². The molecule has 1 saturated heterocycles. The van der Waals surface area contributed by atoms with Crippen molar-refractivity contribution in [3.8, 4) is 0 Å². The van der Waals surface area contributed by atoms with Gasteiger partial charge < -0.3 is 4.74 Å². The Morgan fingerprint density at radius 1 is 1.53 bits per heavy atom. The lowest BCUT2D eigenvalue weighted by Gasteiger charge is -2.22. The van der Waals surface area contributed by atoms with Crippen molar-refractivity contribution in [2.45, 2.75) is 25.4 Å². The maximum absolute atomic E-state index is 10.8. The third-order valence-electron chi connectivity index (χ3n) is 2.57. The molecule has 1 unspecified atom stereocenters. The lowest BCUT2D eigenvalue weighted by molar-refractivity contribution is -0.386. The first-order chi connectivity index (χ1) is 7.29. The number of ether oxygens (including phenoxy) is 1. The number of hydrogen-bond acceptors (Lipinski definition) is 3. The maximum Gasteiger partial charge on any atom is 0.283 e. The summed E-state index contributed by atoms with van der Waals surface area (Å²) in [5.41, 5.74) is 0.701. The van der Waals surface area contributed by atoms with Crippen LogP contribution in [0.3, 0.4) is 0 Å². The summed E-state index contributed by atoms with van der Waals surface area (Å²) in [6.07, 6.45) is 2.84. The van der Waals surface area contributed by atoms with E-state index in [2.05, 4.69) is 6.07 Å². The van der Waals surface area contributed by atoms with E-state index in [0.717, 1.165) is 19.3 Å². The van der Waals surface area contributed by atoms with Crippen molar-refractivity contribution >= 4 is 5.69 Å². The monoisotopic (exact) mass is 206 g/mol. The van der Waals surface area contributed by atoms with E-state index in [1.54, 1.807) is 18.2 Å². The molecular weight excluding hydrogens is 194 g/mol. The molecule has 4 heteroatoms. The zero-order valence-corrected chi connectivity index (χ0v) is 8.31. The summed E-state index contributed by atoms with van der Waals surface area (Å²) < 4.78 is 5.53. The molecule has 1 heterocycles. The molecule has 1 atom stereocenters. The van der Waals surface area contributed by atoms with Crippen LogP contribution in [0.4, 0.5) is 5.69 Å². The fourth-order valence-electron chi connectivity index (χ4n) is 1.85. The van der Waals surface area contributed by atoms with E-state index in [0.29, 0.717) is 12.2 Å². The van der Waals surface area contributed by atoms with Gasteiger partial charge in [-0.1, -0.05) is 6.07 Å². The van der Waals surface area contributed by atoms with Crippen molar-refractivity contribution in [2.75, 3.05) is 6.61 Å². The number of benzene rings is 1. The molecule has 0 amide bonds. The SMILES string of the molecule is O=[N+]([O-])c1[c]cccc1C1CCCCO1. The Morgan fingerprint density at radius 2 is 2.40 bits per heavy atom. The van der Waals surface area contributed by atoms with E-state index in [1.165, 1.54) is 0 Å². The van der Waals surface area contributed by atoms with Crippen LogP contribution >= 0.6 is 0 Å². The number of hydrogen-bond donors (Lipinski definition) is 0. The molecule has 0 bridgehead atoms. The number of nitro groups is 1. The van der Waals surface area contributed by atoms with Crippen molar-refractivity contribution in [1.29, 1.82) is 0 Å². The Labute approximate surface area is 88.0 Å². The minimum Gasteiger partial charge on any atom is -0.373 e. The van der Waals surface area contributed by atoms with Crippen LogP contribution in [-0.2, 0) is 4.74 Å². The lowest BCUT2D eigenvalue weighted by atomic mass is 10.00. The molecule has 1 aliphatic heterocycles. The van der Waals surface area contributed by atoms with Gasteiger partial charge in [-0.25, -0.2) is 0 Å². The van der Waals surface area contributed by atoms with Crippen molar-refractivity contribution in [2.24, 2.45) is 0 Å². The van der Waals surface area contributed by atoms with E-state index >= 15 is 0 Å². The summed E-state index contributed by atoms with van der Waals surface area (Å²) in [4.78, 5) is 10.4. The van der Waals surface area contributed by atoms with Gasteiger partial charge in [0, 0.05) is 6.61 Å². The molecule has 0 N–H and O–H groups in total. The topological polar surface area (TPSA) is 52.4 Å². The van der Waals surface area contributed by atoms with Crippen LogP contribution < -0.4 is 0 Å². The second-order valence-corrected chi connectivity index (χ2v) is 3.59. The molecule has 1 aliphatic rings. The van der Waals surface area contributed by atoms with Crippen LogP contribution in [0.2, 0.25) is 0 Å². The average Bonchev–Trinajstić information content (AvgIpc) is 2.30. The number of para-hydroxylation sites is 1. The summed E-state index contributed by atoms with van der Waals surface area (Å²) in [7, 11) is 0. The Morgan fingerprint density at radius 3 is 3.07 bits per heavy atom. The summed E-state index contributed by atoms with van der Waals surface area (Å²) >= 11 is 0. The molecule has 1 aromatic rings. The van der Waals surface area contributed by atoms with Gasteiger partial charge in [0.25, 0.3) is 5.69 Å². The van der Waals surface area contributed by atoms with Gasteiger partial charge in [0.15, 0.2) is 0 Å². The minimum absolute atomic E-state index is 0.0457. The molecule has 1 fully saturated rings. The van der Waals surface area contributed by atoms with Gasteiger partial charge >= 0.3 is 0 Å². The molecule has 0 aliphatic carbocycles. The first kappa shape index (κ1) is 10.1. The van der Waals surface area contributed by atoms with E-state index < -0.39 is 4.92 Å². The fourth-order valence-corrected chi connectivity index (χ4v) is 1.85. The summed E-state index contributed by atoms with van der Waals surface area (Å²) in [6, 6.07) is 7.73. The highest BCUT2D eigenvalue weighted by Crippen LogP contribution is 2.33. The van der Waals surface area contributed by atoms with Crippen molar-refractivity contribution in [3.05, 3.63) is 39.9 Å². The molecular formula is C11H12NO3. The average molecular weight is 206 g/mol. The van der Waals surface area contributed by atoms with E-state index in [-0.39, 0.29) is 11.8 Å². The van der Waals surface area contributed by atoms with Gasteiger partial charge in [-0.05, 0) is 31.4 Å². The number of nitro benzene ring substituents is 1. The van der Waals surface area contributed by atoms with Crippen molar-refractivity contribution < 1.29 is 9.66 Å². The normalized spacial score (nSPS) is 21.2. The van der Waals surface area contributed by atoms with E-state index in [9.17, 15) is 10.1 Å².